The summed E-state index contributed by atoms with van der Waals surface area (Å²) >= 11 is 0. The molecule has 0 fully saturated rings. The van der Waals surface area contributed by atoms with Gasteiger partial charge in [-0.05, 0) is 12.8 Å². The second-order valence-electron chi connectivity index (χ2n) is 4.54. The number of aryl methyl sites for hydroxylation is 1. The Morgan fingerprint density at radius 3 is 2.53 bits per heavy atom. The first-order valence-electron chi connectivity index (χ1n) is 6.00. The molecule has 0 bridgehead atoms. The summed E-state index contributed by atoms with van der Waals surface area (Å²) in [6.45, 7) is 8.28. The highest BCUT2D eigenvalue weighted by Crippen LogP contribution is 2.17. The highest BCUT2D eigenvalue weighted by molar-refractivity contribution is 5.54. The zero-order chi connectivity index (χ0) is 13.0. The lowest BCUT2D eigenvalue weighted by atomic mass is 10.1. The number of nitrogen functional groups attached to an aromatic ring is 1. The van der Waals surface area contributed by atoms with E-state index in [1.807, 2.05) is 27.7 Å². The minimum Gasteiger partial charge on any atom is -0.391 e. The van der Waals surface area contributed by atoms with Crippen molar-refractivity contribution in [1.29, 1.82) is 0 Å². The van der Waals surface area contributed by atoms with Crippen molar-refractivity contribution in [2.45, 2.75) is 40.2 Å². The molecule has 1 unspecified atom stereocenters. The zero-order valence-corrected chi connectivity index (χ0v) is 11.0. The highest BCUT2D eigenvalue weighted by atomic mass is 16.3. The molecule has 0 saturated carbocycles. The molecule has 1 aromatic heterocycles. The van der Waals surface area contributed by atoms with Crippen LogP contribution in [-0.2, 0) is 6.42 Å². The van der Waals surface area contributed by atoms with Crippen LogP contribution in [0.15, 0.2) is 0 Å². The van der Waals surface area contributed by atoms with Crippen molar-refractivity contribution >= 4 is 11.6 Å². The molecule has 0 spiro atoms. The maximum atomic E-state index is 9.74. The second-order valence-corrected chi connectivity index (χ2v) is 4.54. The van der Waals surface area contributed by atoms with Crippen LogP contribution < -0.4 is 11.1 Å². The van der Waals surface area contributed by atoms with Gasteiger partial charge in [0.05, 0.1) is 6.10 Å². The van der Waals surface area contributed by atoms with Crippen LogP contribution in [-0.4, -0.2) is 27.7 Å². The summed E-state index contributed by atoms with van der Waals surface area (Å²) in [6, 6.07) is 0. The number of anilines is 2. The largest absolute Gasteiger partial charge is 0.391 e. The molecule has 17 heavy (non-hydrogen) atoms. The highest BCUT2D eigenvalue weighted by Gasteiger charge is 2.12. The van der Waals surface area contributed by atoms with Crippen LogP contribution >= 0.6 is 0 Å². The first kappa shape index (κ1) is 13.7. The molecule has 5 heteroatoms. The Morgan fingerprint density at radius 1 is 1.35 bits per heavy atom. The Bertz CT molecular complexity index is 379. The maximum absolute atomic E-state index is 9.74. The summed E-state index contributed by atoms with van der Waals surface area (Å²) in [5, 5.41) is 12.9. The Balaban J connectivity index is 2.80. The van der Waals surface area contributed by atoms with Gasteiger partial charge in [-0.25, -0.2) is 9.97 Å². The third-order valence-corrected chi connectivity index (χ3v) is 2.79. The molecular formula is C12H22N4O. The van der Waals surface area contributed by atoms with Gasteiger partial charge in [-0.1, -0.05) is 20.8 Å². The van der Waals surface area contributed by atoms with Gasteiger partial charge in [0.2, 0.25) is 0 Å². The first-order chi connectivity index (χ1) is 7.95. The number of aliphatic hydroxyl groups excluding tert-OH is 1. The number of nitrogens with two attached hydrogens (primary N) is 1. The van der Waals surface area contributed by atoms with Crippen LogP contribution in [0.5, 0.6) is 0 Å². The molecule has 1 atom stereocenters. The van der Waals surface area contributed by atoms with Crippen LogP contribution in [0.25, 0.3) is 0 Å². The molecule has 5 nitrogen and oxygen atoms in total. The van der Waals surface area contributed by atoms with Crippen molar-refractivity contribution in [3.05, 3.63) is 11.4 Å². The third-order valence-electron chi connectivity index (χ3n) is 2.79. The lowest BCUT2D eigenvalue weighted by molar-refractivity contribution is 0.138. The van der Waals surface area contributed by atoms with E-state index in [0.717, 1.165) is 17.8 Å². The van der Waals surface area contributed by atoms with E-state index in [9.17, 15) is 5.11 Å². The van der Waals surface area contributed by atoms with Crippen LogP contribution in [0.1, 0.15) is 32.2 Å². The van der Waals surface area contributed by atoms with Crippen LogP contribution in [0, 0.1) is 12.8 Å². The van der Waals surface area contributed by atoms with Crippen LogP contribution in [0.2, 0.25) is 0 Å². The molecule has 0 amide bonds. The van der Waals surface area contributed by atoms with Gasteiger partial charge in [0.1, 0.15) is 17.5 Å². The van der Waals surface area contributed by atoms with Gasteiger partial charge in [0.15, 0.2) is 0 Å². The van der Waals surface area contributed by atoms with Gasteiger partial charge < -0.3 is 16.2 Å². The fraction of sp³-hybridized carbons (Fsp3) is 0.667. The molecule has 4 N–H and O–H groups in total. The number of rotatable bonds is 5. The lowest BCUT2D eigenvalue weighted by Gasteiger charge is -2.17. The minimum atomic E-state index is -0.393. The predicted molar refractivity (Wildman–Crippen MR) is 69.9 cm³/mol. The van der Waals surface area contributed by atoms with E-state index in [1.165, 1.54) is 0 Å². The average molecular weight is 238 g/mol. The monoisotopic (exact) mass is 238 g/mol. The molecule has 0 aliphatic heterocycles. The molecule has 1 rings (SSSR count). The van der Waals surface area contributed by atoms with E-state index in [-0.39, 0.29) is 5.92 Å². The van der Waals surface area contributed by atoms with Crippen molar-refractivity contribution in [1.82, 2.24) is 9.97 Å². The normalized spacial score (nSPS) is 12.8. The van der Waals surface area contributed by atoms with E-state index in [2.05, 4.69) is 15.3 Å². The van der Waals surface area contributed by atoms with Crippen molar-refractivity contribution in [2.75, 3.05) is 17.6 Å². The smallest absolute Gasteiger partial charge is 0.134 e. The Labute approximate surface area is 102 Å². The van der Waals surface area contributed by atoms with Gasteiger partial charge >= 0.3 is 0 Å². The lowest BCUT2D eigenvalue weighted by Crippen LogP contribution is -2.25. The maximum Gasteiger partial charge on any atom is 0.134 e. The number of aromatic nitrogens is 2. The minimum absolute atomic E-state index is 0.215. The fourth-order valence-electron chi connectivity index (χ4n) is 1.35. The molecule has 0 saturated heterocycles. The van der Waals surface area contributed by atoms with E-state index in [4.69, 9.17) is 5.73 Å². The zero-order valence-electron chi connectivity index (χ0n) is 11.0. The summed E-state index contributed by atoms with van der Waals surface area (Å²) in [7, 11) is 0. The molecule has 0 aliphatic rings. The molecule has 0 aliphatic carbocycles. The van der Waals surface area contributed by atoms with Gasteiger partial charge in [0.25, 0.3) is 0 Å². The Morgan fingerprint density at radius 2 is 2.00 bits per heavy atom. The van der Waals surface area contributed by atoms with Gasteiger partial charge in [-0.15, -0.1) is 0 Å². The standard InChI is InChI=1S/C12H22N4O/c1-5-10-15-11(13)8(4)12(16-10)14-6-9(17)7(2)3/h7,9,17H,5-6H2,1-4H3,(H3,13,14,15,16). The molecule has 96 valence electrons. The molecule has 1 heterocycles. The van der Waals surface area contributed by atoms with Crippen molar-refractivity contribution in [2.24, 2.45) is 5.92 Å². The van der Waals surface area contributed by atoms with Crippen LogP contribution in [0.3, 0.4) is 0 Å². The molecule has 1 aromatic rings. The van der Waals surface area contributed by atoms with E-state index < -0.39 is 6.10 Å². The van der Waals surface area contributed by atoms with Gasteiger partial charge in [-0.3, -0.25) is 0 Å². The Hall–Kier alpha value is -1.36. The quantitative estimate of drug-likeness (QED) is 0.721. The number of nitrogens with zero attached hydrogens (tertiary/aromatic N) is 2. The average Bonchev–Trinajstić information content (AvgIpc) is 2.30. The Kier molecular flexibility index (Phi) is 4.69. The van der Waals surface area contributed by atoms with Crippen LogP contribution in [0.4, 0.5) is 11.6 Å². The first-order valence-corrected chi connectivity index (χ1v) is 6.00. The molecular weight excluding hydrogens is 216 g/mol. The summed E-state index contributed by atoms with van der Waals surface area (Å²) in [5.74, 6) is 2.15. The summed E-state index contributed by atoms with van der Waals surface area (Å²) in [5.41, 5.74) is 6.64. The van der Waals surface area contributed by atoms with Gasteiger partial charge in [0, 0.05) is 18.5 Å². The van der Waals surface area contributed by atoms with E-state index >= 15 is 0 Å². The van der Waals surface area contributed by atoms with E-state index in [0.29, 0.717) is 18.2 Å². The summed E-state index contributed by atoms with van der Waals surface area (Å²) < 4.78 is 0. The number of hydrogen-bond acceptors (Lipinski definition) is 5. The number of hydrogen-bond donors (Lipinski definition) is 3. The van der Waals surface area contributed by atoms with Gasteiger partial charge in [-0.2, -0.15) is 0 Å². The summed E-state index contributed by atoms with van der Waals surface area (Å²) in [6.07, 6.45) is 0.349. The van der Waals surface area contributed by atoms with Crippen molar-refractivity contribution in [3.63, 3.8) is 0 Å². The summed E-state index contributed by atoms with van der Waals surface area (Å²) in [4.78, 5) is 8.55. The molecule has 0 aromatic carbocycles. The number of aliphatic hydroxyl groups is 1. The SMILES string of the molecule is CCc1nc(N)c(C)c(NCC(O)C(C)C)n1. The van der Waals surface area contributed by atoms with E-state index in [1.54, 1.807) is 0 Å². The third kappa shape index (κ3) is 3.56. The second kappa shape index (κ2) is 5.82. The molecule has 0 radical (unpaired) electrons. The fourth-order valence-corrected chi connectivity index (χ4v) is 1.35. The van der Waals surface area contributed by atoms with Crippen molar-refractivity contribution < 1.29 is 5.11 Å². The topological polar surface area (TPSA) is 84.1 Å². The predicted octanol–water partition coefficient (Wildman–Crippen LogP) is 1.36. The van der Waals surface area contributed by atoms with Crippen molar-refractivity contribution in [3.8, 4) is 0 Å². The number of nitrogens with one attached hydrogen (secondary N) is 1.